The smallest absolute Gasteiger partial charge is 0.387 e. The van der Waals surface area contributed by atoms with E-state index in [1.807, 2.05) is 29.0 Å². The monoisotopic (exact) mass is 461 g/mol. The number of aromatic nitrogens is 2. The fourth-order valence-corrected chi connectivity index (χ4v) is 3.97. The lowest BCUT2D eigenvalue weighted by atomic mass is 10.0. The van der Waals surface area contributed by atoms with Crippen molar-refractivity contribution in [3.05, 3.63) is 66.0 Å². The molecule has 1 heterocycles. The minimum absolute atomic E-state index is 0.0540. The van der Waals surface area contributed by atoms with Crippen LogP contribution in [0.4, 0.5) is 8.78 Å². The molecule has 3 rings (SSSR count). The molecule has 1 N–H and O–H groups in total. The Morgan fingerprint density at radius 3 is 2.69 bits per heavy atom. The summed E-state index contributed by atoms with van der Waals surface area (Å²) in [7, 11) is 1.37. The molecular formula is C23H25F2N3O3S. The van der Waals surface area contributed by atoms with E-state index in [0.717, 1.165) is 10.8 Å². The van der Waals surface area contributed by atoms with Crippen molar-refractivity contribution >= 4 is 17.7 Å². The van der Waals surface area contributed by atoms with Gasteiger partial charge in [-0.2, -0.15) is 8.78 Å². The van der Waals surface area contributed by atoms with Crippen LogP contribution in [0.5, 0.6) is 11.5 Å². The lowest BCUT2D eigenvalue weighted by Gasteiger charge is -2.15. The molecule has 1 aromatic heterocycles. The van der Waals surface area contributed by atoms with Gasteiger partial charge in [-0.25, -0.2) is 4.98 Å². The number of alkyl halides is 2. The van der Waals surface area contributed by atoms with E-state index in [0.29, 0.717) is 11.5 Å². The van der Waals surface area contributed by atoms with E-state index >= 15 is 0 Å². The topological polar surface area (TPSA) is 65.4 Å². The molecule has 0 fully saturated rings. The van der Waals surface area contributed by atoms with E-state index in [1.54, 1.807) is 18.3 Å². The molecule has 0 atom stereocenters. The molecule has 1 amide bonds. The number of thioether (sulfide) groups is 1. The Balaban J connectivity index is 1.60. The highest BCUT2D eigenvalue weighted by molar-refractivity contribution is 7.99. The van der Waals surface area contributed by atoms with Gasteiger partial charge in [0.25, 0.3) is 0 Å². The number of para-hydroxylation sites is 1. The van der Waals surface area contributed by atoms with Crippen LogP contribution >= 0.6 is 11.8 Å². The zero-order chi connectivity index (χ0) is 23.1. The molecule has 32 heavy (non-hydrogen) atoms. The summed E-state index contributed by atoms with van der Waals surface area (Å²) < 4.78 is 36.4. The van der Waals surface area contributed by atoms with Gasteiger partial charge in [0.2, 0.25) is 5.91 Å². The van der Waals surface area contributed by atoms with Gasteiger partial charge in [-0.1, -0.05) is 49.9 Å². The maximum absolute atomic E-state index is 12.4. The number of halogens is 2. The van der Waals surface area contributed by atoms with Crippen LogP contribution in [0.1, 0.15) is 30.9 Å². The van der Waals surface area contributed by atoms with Gasteiger partial charge in [0.1, 0.15) is 0 Å². The zero-order valence-corrected chi connectivity index (χ0v) is 18.9. The summed E-state index contributed by atoms with van der Waals surface area (Å²) in [6, 6.07) is 12.7. The van der Waals surface area contributed by atoms with Crippen molar-refractivity contribution in [2.45, 2.75) is 38.1 Å². The van der Waals surface area contributed by atoms with Crippen LogP contribution in [0.2, 0.25) is 0 Å². The number of ether oxygens (including phenoxy) is 2. The summed E-state index contributed by atoms with van der Waals surface area (Å²) in [6.45, 7) is 1.57. The molecule has 0 spiro atoms. The first kappa shape index (κ1) is 23.6. The Morgan fingerprint density at radius 2 is 1.97 bits per heavy atom. The van der Waals surface area contributed by atoms with Gasteiger partial charge in [0.15, 0.2) is 16.7 Å². The molecule has 9 heteroatoms. The van der Waals surface area contributed by atoms with E-state index in [2.05, 4.69) is 35.0 Å². The second-order valence-corrected chi connectivity index (χ2v) is 8.16. The summed E-state index contributed by atoms with van der Waals surface area (Å²) in [5.41, 5.74) is 2.94. The predicted molar refractivity (Wildman–Crippen MR) is 120 cm³/mol. The fourth-order valence-electron chi connectivity index (χ4n) is 3.17. The Bertz CT molecular complexity index is 1060. The van der Waals surface area contributed by atoms with Crippen molar-refractivity contribution < 1.29 is 23.0 Å². The van der Waals surface area contributed by atoms with Crippen molar-refractivity contribution in [2.24, 2.45) is 0 Å². The van der Waals surface area contributed by atoms with Crippen LogP contribution in [0.15, 0.2) is 60.0 Å². The van der Waals surface area contributed by atoms with Gasteiger partial charge in [-0.3, -0.25) is 9.36 Å². The highest BCUT2D eigenvalue weighted by atomic mass is 32.2. The number of carbonyl (C=O) groups excluding carboxylic acids is 1. The first-order valence-electron chi connectivity index (χ1n) is 10.0. The van der Waals surface area contributed by atoms with Crippen molar-refractivity contribution in [2.75, 3.05) is 12.9 Å². The standard InChI is InChI=1S/C23H25F2N3O3S/c1-15(2)17-6-4-5-7-18(17)28-11-10-26-23(28)32-14-21(29)27-13-16-8-9-19(31-22(24)25)20(12-16)30-3/h4-12,15,22H,13-14H2,1-3H3,(H,27,29). The molecule has 0 aliphatic heterocycles. The minimum Gasteiger partial charge on any atom is -0.493 e. The number of methoxy groups -OCH3 is 1. The maximum Gasteiger partial charge on any atom is 0.387 e. The SMILES string of the molecule is COc1cc(CNC(=O)CSc2nccn2-c2ccccc2C(C)C)ccc1OC(F)F. The molecule has 0 aliphatic rings. The van der Waals surface area contributed by atoms with Crippen LogP contribution in [-0.2, 0) is 11.3 Å². The van der Waals surface area contributed by atoms with Crippen molar-refractivity contribution in [3.8, 4) is 17.2 Å². The molecule has 2 aromatic carbocycles. The number of hydrogen-bond acceptors (Lipinski definition) is 5. The van der Waals surface area contributed by atoms with Gasteiger partial charge in [0, 0.05) is 18.9 Å². The first-order chi connectivity index (χ1) is 15.4. The van der Waals surface area contributed by atoms with Crippen LogP contribution in [0.3, 0.4) is 0 Å². The molecule has 170 valence electrons. The summed E-state index contributed by atoms with van der Waals surface area (Å²) in [4.78, 5) is 16.8. The first-order valence-corrected chi connectivity index (χ1v) is 11.0. The third kappa shape index (κ3) is 6.00. The Hall–Kier alpha value is -3.07. The number of carbonyl (C=O) groups is 1. The second kappa shape index (κ2) is 11.0. The fraction of sp³-hybridized carbons (Fsp3) is 0.304. The van der Waals surface area contributed by atoms with Gasteiger partial charge < -0.3 is 14.8 Å². The van der Waals surface area contributed by atoms with Crippen LogP contribution < -0.4 is 14.8 Å². The number of hydrogen-bond donors (Lipinski definition) is 1. The average Bonchev–Trinajstić information content (AvgIpc) is 3.25. The minimum atomic E-state index is -2.94. The molecular weight excluding hydrogens is 436 g/mol. The number of nitrogens with zero attached hydrogens (tertiary/aromatic N) is 2. The van der Waals surface area contributed by atoms with E-state index in [-0.39, 0.29) is 29.7 Å². The van der Waals surface area contributed by atoms with Gasteiger partial charge in [-0.15, -0.1) is 0 Å². The number of imidazole rings is 1. The van der Waals surface area contributed by atoms with Crippen LogP contribution in [0, 0.1) is 0 Å². The van der Waals surface area contributed by atoms with E-state index in [9.17, 15) is 13.6 Å². The van der Waals surface area contributed by atoms with Crippen molar-refractivity contribution in [3.63, 3.8) is 0 Å². The molecule has 0 aliphatic carbocycles. The zero-order valence-electron chi connectivity index (χ0n) is 18.0. The molecule has 0 saturated carbocycles. The molecule has 0 radical (unpaired) electrons. The number of benzene rings is 2. The lowest BCUT2D eigenvalue weighted by Crippen LogP contribution is -2.24. The third-order valence-corrected chi connectivity index (χ3v) is 5.66. The number of rotatable bonds is 10. The van der Waals surface area contributed by atoms with E-state index < -0.39 is 6.61 Å². The second-order valence-electron chi connectivity index (χ2n) is 7.22. The summed E-state index contributed by atoms with van der Waals surface area (Å²) >= 11 is 1.34. The Morgan fingerprint density at radius 1 is 1.19 bits per heavy atom. The molecule has 0 saturated heterocycles. The molecule has 3 aromatic rings. The van der Waals surface area contributed by atoms with Gasteiger partial charge in [0.05, 0.1) is 18.6 Å². The van der Waals surface area contributed by atoms with Crippen LogP contribution in [0.25, 0.3) is 5.69 Å². The summed E-state index contributed by atoms with van der Waals surface area (Å²) in [5, 5.41) is 3.55. The van der Waals surface area contributed by atoms with Crippen molar-refractivity contribution in [1.82, 2.24) is 14.9 Å². The Kier molecular flexibility index (Phi) is 8.10. The quantitative estimate of drug-likeness (QED) is 0.430. The molecule has 0 bridgehead atoms. The Labute approximate surface area is 189 Å². The van der Waals surface area contributed by atoms with Crippen LogP contribution in [-0.4, -0.2) is 34.9 Å². The number of amides is 1. The van der Waals surface area contributed by atoms with Gasteiger partial charge in [-0.05, 0) is 35.2 Å². The highest BCUT2D eigenvalue weighted by Crippen LogP contribution is 2.30. The van der Waals surface area contributed by atoms with E-state index in [1.165, 1.54) is 30.5 Å². The largest absolute Gasteiger partial charge is 0.493 e. The molecule has 6 nitrogen and oxygen atoms in total. The van der Waals surface area contributed by atoms with Crippen molar-refractivity contribution in [1.29, 1.82) is 0 Å². The lowest BCUT2D eigenvalue weighted by molar-refractivity contribution is -0.118. The summed E-state index contributed by atoms with van der Waals surface area (Å²) in [6.07, 6.45) is 3.60. The third-order valence-electron chi connectivity index (χ3n) is 4.69. The average molecular weight is 462 g/mol. The highest BCUT2D eigenvalue weighted by Gasteiger charge is 2.14. The summed E-state index contributed by atoms with van der Waals surface area (Å²) in [5.74, 6) is 0.488. The molecule has 0 unspecified atom stereocenters. The van der Waals surface area contributed by atoms with Gasteiger partial charge >= 0.3 is 6.61 Å². The van der Waals surface area contributed by atoms with E-state index in [4.69, 9.17) is 4.74 Å². The predicted octanol–water partition coefficient (Wildman–Crippen LogP) is 5.01. The number of nitrogens with one attached hydrogen (secondary N) is 1. The maximum atomic E-state index is 12.4. The normalized spacial score (nSPS) is 11.1.